The van der Waals surface area contributed by atoms with Crippen LogP contribution in [0.5, 0.6) is 5.75 Å². The number of ether oxygens (including phenoxy) is 1. The van der Waals surface area contributed by atoms with Gasteiger partial charge in [-0.3, -0.25) is 9.48 Å². The molecule has 0 aliphatic rings. The highest BCUT2D eigenvalue weighted by molar-refractivity contribution is 6.32. The van der Waals surface area contributed by atoms with Crippen molar-refractivity contribution in [3.8, 4) is 5.75 Å². The second-order valence-electron chi connectivity index (χ2n) is 7.44. The van der Waals surface area contributed by atoms with E-state index in [-0.39, 0.29) is 18.3 Å². The maximum atomic E-state index is 12.6. The Hall–Kier alpha value is -4.10. The van der Waals surface area contributed by atoms with Crippen LogP contribution in [0, 0.1) is 0 Å². The topological polar surface area (TPSA) is 74.0 Å². The lowest BCUT2D eigenvalue weighted by Gasteiger charge is -2.07. The van der Waals surface area contributed by atoms with Crippen LogP contribution in [0.1, 0.15) is 16.1 Å². The number of carbonyl (C=O) groups is 1. The van der Waals surface area contributed by atoms with E-state index in [9.17, 15) is 4.79 Å². The van der Waals surface area contributed by atoms with Gasteiger partial charge >= 0.3 is 0 Å². The third-order valence-electron chi connectivity index (χ3n) is 5.16. The molecular weight excluding hydrogens is 438 g/mol. The first-order chi connectivity index (χ1) is 16.2. The van der Waals surface area contributed by atoms with Crippen LogP contribution in [0.2, 0.25) is 5.02 Å². The summed E-state index contributed by atoms with van der Waals surface area (Å²) in [6.07, 6.45) is 3.51. The number of rotatable bonds is 7. The van der Waals surface area contributed by atoms with E-state index in [1.807, 2.05) is 36.5 Å². The summed E-state index contributed by atoms with van der Waals surface area (Å²) in [5, 5.41) is 14.4. The fraction of sp³-hybridized carbons (Fsp3) is 0.0800. The van der Waals surface area contributed by atoms with E-state index in [2.05, 4.69) is 39.8 Å². The van der Waals surface area contributed by atoms with E-state index in [1.54, 1.807) is 35.1 Å². The average Bonchev–Trinajstić information content (AvgIpc) is 3.48. The molecule has 33 heavy (non-hydrogen) atoms. The Bertz CT molecular complexity index is 1420. The van der Waals surface area contributed by atoms with Gasteiger partial charge in [0.1, 0.15) is 5.75 Å². The van der Waals surface area contributed by atoms with Gasteiger partial charge in [0, 0.05) is 18.5 Å². The molecule has 0 aliphatic carbocycles. The highest BCUT2D eigenvalue weighted by atomic mass is 35.5. The smallest absolute Gasteiger partial charge is 0.277 e. The molecule has 164 valence electrons. The monoisotopic (exact) mass is 457 g/mol. The molecule has 0 fully saturated rings. The van der Waals surface area contributed by atoms with Gasteiger partial charge in [-0.25, -0.2) is 4.68 Å². The maximum absolute atomic E-state index is 12.6. The summed E-state index contributed by atoms with van der Waals surface area (Å²) in [6.45, 7) is 0.738. The molecule has 0 bridgehead atoms. The predicted molar refractivity (Wildman–Crippen MR) is 128 cm³/mol. The van der Waals surface area contributed by atoms with Crippen molar-refractivity contribution < 1.29 is 9.53 Å². The van der Waals surface area contributed by atoms with Crippen molar-refractivity contribution in [1.82, 2.24) is 19.6 Å². The van der Waals surface area contributed by atoms with Crippen LogP contribution in [0.3, 0.4) is 0 Å². The molecule has 0 radical (unpaired) electrons. The van der Waals surface area contributed by atoms with Gasteiger partial charge in [-0.05, 0) is 34.5 Å². The summed E-state index contributed by atoms with van der Waals surface area (Å²) in [4.78, 5) is 12.6. The van der Waals surface area contributed by atoms with Crippen LogP contribution in [0.25, 0.3) is 10.8 Å². The highest BCUT2D eigenvalue weighted by Gasteiger charge is 2.12. The van der Waals surface area contributed by atoms with Crippen molar-refractivity contribution in [3.63, 3.8) is 0 Å². The van der Waals surface area contributed by atoms with Gasteiger partial charge in [0.15, 0.2) is 18.2 Å². The zero-order chi connectivity index (χ0) is 22.6. The molecule has 2 aromatic heterocycles. The molecule has 0 unspecified atom stereocenters. The van der Waals surface area contributed by atoms with Crippen molar-refractivity contribution in [2.75, 3.05) is 5.32 Å². The summed E-state index contributed by atoms with van der Waals surface area (Å²) >= 11 is 6.09. The first-order valence-electron chi connectivity index (χ1n) is 10.4. The number of nitrogens with zero attached hydrogens (tertiary/aromatic N) is 4. The number of benzene rings is 3. The van der Waals surface area contributed by atoms with E-state index >= 15 is 0 Å². The quantitative estimate of drug-likeness (QED) is 0.363. The Balaban J connectivity index is 1.22. The van der Waals surface area contributed by atoms with Gasteiger partial charge in [0.2, 0.25) is 0 Å². The van der Waals surface area contributed by atoms with E-state index < -0.39 is 0 Å². The zero-order valence-corrected chi connectivity index (χ0v) is 18.3. The minimum absolute atomic E-state index is 0.136. The van der Waals surface area contributed by atoms with Crippen molar-refractivity contribution in [1.29, 1.82) is 0 Å². The van der Waals surface area contributed by atoms with E-state index in [4.69, 9.17) is 16.3 Å². The lowest BCUT2D eigenvalue weighted by molar-refractivity contribution is 0.101. The number of nitrogens with one attached hydrogen (secondary N) is 1. The Labute approximate surface area is 195 Å². The fourth-order valence-electron chi connectivity index (χ4n) is 3.55. The zero-order valence-electron chi connectivity index (χ0n) is 17.6. The third-order valence-corrected chi connectivity index (χ3v) is 5.47. The second kappa shape index (κ2) is 9.18. The Morgan fingerprint density at radius 1 is 0.879 bits per heavy atom. The van der Waals surface area contributed by atoms with Gasteiger partial charge in [-0.2, -0.15) is 10.2 Å². The molecule has 3 aromatic carbocycles. The largest absolute Gasteiger partial charge is 0.470 e. The van der Waals surface area contributed by atoms with Crippen LogP contribution < -0.4 is 10.1 Å². The lowest BCUT2D eigenvalue weighted by atomic mass is 10.0. The van der Waals surface area contributed by atoms with Gasteiger partial charge in [-0.1, -0.05) is 66.2 Å². The number of hydrogen-bond donors (Lipinski definition) is 1. The number of aromatic nitrogens is 4. The fourth-order valence-corrected chi connectivity index (χ4v) is 3.74. The van der Waals surface area contributed by atoms with E-state index in [1.165, 1.54) is 15.5 Å². The Morgan fingerprint density at radius 2 is 1.67 bits per heavy atom. The van der Waals surface area contributed by atoms with Crippen molar-refractivity contribution in [2.45, 2.75) is 13.3 Å². The number of halogens is 1. The van der Waals surface area contributed by atoms with Crippen molar-refractivity contribution in [2.24, 2.45) is 0 Å². The molecule has 1 amide bonds. The number of amides is 1. The minimum Gasteiger partial charge on any atom is -0.470 e. The third kappa shape index (κ3) is 4.73. The summed E-state index contributed by atoms with van der Waals surface area (Å²) < 4.78 is 8.97. The molecule has 0 saturated carbocycles. The number of anilines is 1. The first kappa shape index (κ1) is 20.8. The standard InChI is InChI=1S/C25H20ClN5O2/c26-21-10-3-4-11-23(21)33-17-31-14-12-22(28-31)25(32)27-24-13-15-30(29-24)16-19-8-5-7-18-6-1-2-9-20(18)19/h1-15H,16-17H2,(H,27,29,32). The number of carbonyl (C=O) groups excluding carboxylic acids is 1. The van der Waals surface area contributed by atoms with Crippen molar-refractivity contribution >= 4 is 34.1 Å². The molecule has 5 aromatic rings. The second-order valence-corrected chi connectivity index (χ2v) is 7.84. The van der Waals surface area contributed by atoms with Crippen LogP contribution in [0.15, 0.2) is 91.3 Å². The molecule has 0 aliphatic heterocycles. The lowest BCUT2D eigenvalue weighted by Crippen LogP contribution is -2.15. The van der Waals surface area contributed by atoms with Gasteiger partial charge < -0.3 is 10.1 Å². The normalized spacial score (nSPS) is 10.9. The molecule has 0 spiro atoms. The molecule has 7 nitrogen and oxygen atoms in total. The number of fused-ring (bicyclic) bond motifs is 1. The first-order valence-corrected chi connectivity index (χ1v) is 10.8. The number of hydrogen-bond acceptors (Lipinski definition) is 4. The van der Waals surface area contributed by atoms with Gasteiger partial charge in [0.05, 0.1) is 11.6 Å². The molecule has 1 N–H and O–H groups in total. The van der Waals surface area contributed by atoms with Crippen LogP contribution >= 0.6 is 11.6 Å². The summed E-state index contributed by atoms with van der Waals surface area (Å²) in [5.41, 5.74) is 1.42. The highest BCUT2D eigenvalue weighted by Crippen LogP contribution is 2.23. The van der Waals surface area contributed by atoms with Crippen LogP contribution in [-0.4, -0.2) is 25.5 Å². The molecule has 2 heterocycles. The van der Waals surface area contributed by atoms with E-state index in [0.717, 1.165) is 5.56 Å². The maximum Gasteiger partial charge on any atom is 0.277 e. The summed E-state index contributed by atoms with van der Waals surface area (Å²) in [5.74, 6) is 0.668. The molecule has 8 heteroatoms. The van der Waals surface area contributed by atoms with Crippen LogP contribution in [0.4, 0.5) is 5.82 Å². The average molecular weight is 458 g/mol. The molecule has 0 saturated heterocycles. The van der Waals surface area contributed by atoms with E-state index in [0.29, 0.717) is 23.1 Å². The Morgan fingerprint density at radius 3 is 2.58 bits per heavy atom. The minimum atomic E-state index is -0.345. The molecule has 0 atom stereocenters. The number of para-hydroxylation sites is 1. The van der Waals surface area contributed by atoms with Crippen LogP contribution in [-0.2, 0) is 13.3 Å². The molecular formula is C25H20ClN5O2. The SMILES string of the molecule is O=C(Nc1ccn(Cc2cccc3ccccc23)n1)c1ccn(COc2ccccc2Cl)n1. The van der Waals surface area contributed by atoms with Crippen molar-refractivity contribution in [3.05, 3.63) is 108 Å². The summed E-state index contributed by atoms with van der Waals surface area (Å²) in [7, 11) is 0. The summed E-state index contributed by atoms with van der Waals surface area (Å²) in [6, 6.07) is 25.0. The van der Waals surface area contributed by atoms with Gasteiger partial charge in [-0.15, -0.1) is 0 Å². The Kier molecular flexibility index (Phi) is 5.78. The van der Waals surface area contributed by atoms with Gasteiger partial charge in [0.25, 0.3) is 5.91 Å². The predicted octanol–water partition coefficient (Wildman–Crippen LogP) is 5.22. The molecule has 5 rings (SSSR count).